The van der Waals surface area contributed by atoms with Crippen LogP contribution < -0.4 is 10.1 Å². The van der Waals surface area contributed by atoms with Crippen molar-refractivity contribution in [1.29, 1.82) is 0 Å². The molecule has 0 heterocycles. The Labute approximate surface area is 139 Å². The van der Waals surface area contributed by atoms with Crippen LogP contribution in [0.25, 0.3) is 0 Å². The molecule has 23 heavy (non-hydrogen) atoms. The summed E-state index contributed by atoms with van der Waals surface area (Å²) in [6, 6.07) is 7.56. The summed E-state index contributed by atoms with van der Waals surface area (Å²) in [4.78, 5) is 12.7. The molecular weight excluding hydrogens is 290 g/mol. The van der Waals surface area contributed by atoms with E-state index >= 15 is 0 Å². The summed E-state index contributed by atoms with van der Waals surface area (Å²) in [5, 5.41) is 3.00. The number of anilines is 1. The molecule has 1 N–H and O–H groups in total. The highest BCUT2D eigenvalue weighted by atomic mass is 16.5. The van der Waals surface area contributed by atoms with E-state index in [1.807, 2.05) is 24.3 Å². The van der Waals surface area contributed by atoms with Crippen molar-refractivity contribution in [3.05, 3.63) is 24.3 Å². The van der Waals surface area contributed by atoms with Gasteiger partial charge in [0.05, 0.1) is 6.61 Å². The van der Waals surface area contributed by atoms with E-state index in [2.05, 4.69) is 19.2 Å². The van der Waals surface area contributed by atoms with Crippen LogP contribution >= 0.6 is 0 Å². The van der Waals surface area contributed by atoms with Gasteiger partial charge in [-0.15, -0.1) is 0 Å². The number of rotatable bonds is 7. The summed E-state index contributed by atoms with van der Waals surface area (Å²) < 4.78 is 11.3. The number of benzene rings is 1. The first-order valence-electron chi connectivity index (χ1n) is 8.69. The van der Waals surface area contributed by atoms with Crippen molar-refractivity contribution < 1.29 is 14.3 Å². The Morgan fingerprint density at radius 3 is 2.70 bits per heavy atom. The fourth-order valence-electron chi connectivity index (χ4n) is 3.20. The van der Waals surface area contributed by atoms with Gasteiger partial charge in [0, 0.05) is 12.8 Å². The van der Waals surface area contributed by atoms with Gasteiger partial charge in [0.1, 0.15) is 11.4 Å². The van der Waals surface area contributed by atoms with E-state index in [1.54, 1.807) is 7.11 Å². The van der Waals surface area contributed by atoms with Crippen molar-refractivity contribution in [2.45, 2.75) is 58.0 Å². The summed E-state index contributed by atoms with van der Waals surface area (Å²) in [5.41, 5.74) is 0.0982. The first-order valence-corrected chi connectivity index (χ1v) is 8.69. The maximum atomic E-state index is 12.7. The van der Waals surface area contributed by atoms with Gasteiger partial charge in [0.25, 0.3) is 5.91 Å². The average molecular weight is 319 g/mol. The van der Waals surface area contributed by atoms with Crippen molar-refractivity contribution in [3.63, 3.8) is 0 Å². The standard InChI is InChI=1S/C19H29NO3/c1-4-5-13-23-17-10-8-16(9-11-17)20-18(21)19(22-3)12-6-7-15(2)14-19/h8-11,15H,4-7,12-14H2,1-3H3,(H,20,21). The van der Waals surface area contributed by atoms with Crippen LogP contribution in [-0.2, 0) is 9.53 Å². The quantitative estimate of drug-likeness (QED) is 0.758. The Kier molecular flexibility index (Phi) is 6.46. The van der Waals surface area contributed by atoms with Gasteiger partial charge in [0.2, 0.25) is 0 Å². The van der Waals surface area contributed by atoms with Crippen LogP contribution in [0.2, 0.25) is 0 Å². The maximum Gasteiger partial charge on any atom is 0.256 e. The number of unbranched alkanes of at least 4 members (excludes halogenated alkanes) is 1. The molecule has 1 amide bonds. The Morgan fingerprint density at radius 2 is 2.09 bits per heavy atom. The van der Waals surface area contributed by atoms with Crippen LogP contribution in [0.3, 0.4) is 0 Å². The number of methoxy groups -OCH3 is 1. The summed E-state index contributed by atoms with van der Waals surface area (Å²) in [6.45, 7) is 5.05. The van der Waals surface area contributed by atoms with Gasteiger partial charge in [-0.1, -0.05) is 26.7 Å². The van der Waals surface area contributed by atoms with E-state index in [9.17, 15) is 4.79 Å². The monoisotopic (exact) mass is 319 g/mol. The summed E-state index contributed by atoms with van der Waals surface area (Å²) in [5.74, 6) is 1.32. The third-order valence-corrected chi connectivity index (χ3v) is 4.64. The summed E-state index contributed by atoms with van der Waals surface area (Å²) in [7, 11) is 1.64. The number of carbonyl (C=O) groups is 1. The Hall–Kier alpha value is -1.55. The summed E-state index contributed by atoms with van der Waals surface area (Å²) in [6.07, 6.45) is 5.94. The molecule has 4 nitrogen and oxygen atoms in total. The molecule has 1 fully saturated rings. The lowest BCUT2D eigenvalue weighted by Crippen LogP contribution is -2.47. The molecule has 128 valence electrons. The highest BCUT2D eigenvalue weighted by Gasteiger charge is 2.41. The van der Waals surface area contributed by atoms with E-state index in [-0.39, 0.29) is 5.91 Å². The molecule has 0 aliphatic heterocycles. The molecule has 0 aromatic heterocycles. The van der Waals surface area contributed by atoms with Crippen LogP contribution in [-0.4, -0.2) is 25.2 Å². The molecule has 0 radical (unpaired) electrons. The van der Waals surface area contributed by atoms with Crippen molar-refractivity contribution in [2.75, 3.05) is 19.0 Å². The van der Waals surface area contributed by atoms with Crippen LogP contribution in [0, 0.1) is 5.92 Å². The predicted octanol–water partition coefficient (Wildman–Crippen LogP) is 4.40. The zero-order valence-corrected chi connectivity index (χ0v) is 14.6. The first kappa shape index (κ1) is 17.8. The van der Waals surface area contributed by atoms with Crippen molar-refractivity contribution in [1.82, 2.24) is 0 Å². The van der Waals surface area contributed by atoms with E-state index in [0.29, 0.717) is 5.92 Å². The second-order valence-corrected chi connectivity index (χ2v) is 6.58. The molecule has 1 aromatic rings. The van der Waals surface area contributed by atoms with E-state index in [1.165, 1.54) is 6.42 Å². The number of carbonyl (C=O) groups excluding carboxylic acids is 1. The van der Waals surface area contributed by atoms with Gasteiger partial charge in [-0.25, -0.2) is 0 Å². The number of hydrogen-bond acceptors (Lipinski definition) is 3. The second kappa shape index (κ2) is 8.34. The van der Waals surface area contributed by atoms with E-state index < -0.39 is 5.60 Å². The molecule has 1 aliphatic carbocycles. The molecule has 0 saturated heterocycles. The minimum Gasteiger partial charge on any atom is -0.494 e. The minimum absolute atomic E-state index is 0.0359. The van der Waals surface area contributed by atoms with Crippen LogP contribution in [0.1, 0.15) is 52.4 Å². The molecule has 1 aromatic carbocycles. The number of nitrogens with one attached hydrogen (secondary N) is 1. The van der Waals surface area contributed by atoms with Gasteiger partial charge in [-0.2, -0.15) is 0 Å². The third-order valence-electron chi connectivity index (χ3n) is 4.64. The lowest BCUT2D eigenvalue weighted by molar-refractivity contribution is -0.143. The lowest BCUT2D eigenvalue weighted by atomic mass is 9.78. The highest BCUT2D eigenvalue weighted by molar-refractivity contribution is 5.97. The molecule has 1 saturated carbocycles. The second-order valence-electron chi connectivity index (χ2n) is 6.58. The molecular formula is C19H29NO3. The topological polar surface area (TPSA) is 47.6 Å². The Bertz CT molecular complexity index is 500. The highest BCUT2D eigenvalue weighted by Crippen LogP contribution is 2.35. The van der Waals surface area contributed by atoms with Crippen molar-refractivity contribution in [3.8, 4) is 5.75 Å². The zero-order chi connectivity index (χ0) is 16.7. The van der Waals surface area contributed by atoms with Gasteiger partial charge in [-0.05, 0) is 55.9 Å². The number of hydrogen-bond donors (Lipinski definition) is 1. The fraction of sp³-hybridized carbons (Fsp3) is 0.632. The molecule has 2 atom stereocenters. The minimum atomic E-state index is -0.687. The summed E-state index contributed by atoms with van der Waals surface area (Å²) >= 11 is 0. The molecule has 1 aliphatic rings. The lowest BCUT2D eigenvalue weighted by Gasteiger charge is -2.37. The van der Waals surface area contributed by atoms with Crippen molar-refractivity contribution >= 4 is 11.6 Å². The maximum absolute atomic E-state index is 12.7. The third kappa shape index (κ3) is 4.71. The van der Waals surface area contributed by atoms with Gasteiger partial charge in [-0.3, -0.25) is 4.79 Å². The van der Waals surface area contributed by atoms with Crippen LogP contribution in [0.15, 0.2) is 24.3 Å². The molecule has 0 bridgehead atoms. The molecule has 2 unspecified atom stereocenters. The SMILES string of the molecule is CCCCOc1ccc(NC(=O)C2(OC)CCCC(C)C2)cc1. The number of amides is 1. The molecule has 4 heteroatoms. The molecule has 0 spiro atoms. The first-order chi connectivity index (χ1) is 11.1. The average Bonchev–Trinajstić information content (AvgIpc) is 2.56. The smallest absolute Gasteiger partial charge is 0.256 e. The Balaban J connectivity index is 1.96. The molecule has 2 rings (SSSR count). The normalized spacial score (nSPS) is 24.2. The fourth-order valence-corrected chi connectivity index (χ4v) is 3.20. The number of ether oxygens (including phenoxy) is 2. The predicted molar refractivity (Wildman–Crippen MR) is 92.8 cm³/mol. The van der Waals surface area contributed by atoms with Crippen LogP contribution in [0.4, 0.5) is 5.69 Å². The van der Waals surface area contributed by atoms with Crippen molar-refractivity contribution in [2.24, 2.45) is 5.92 Å². The van der Waals surface area contributed by atoms with Gasteiger partial charge in [0.15, 0.2) is 0 Å². The Morgan fingerprint density at radius 1 is 1.35 bits per heavy atom. The van der Waals surface area contributed by atoms with E-state index in [4.69, 9.17) is 9.47 Å². The van der Waals surface area contributed by atoms with Gasteiger partial charge >= 0.3 is 0 Å². The largest absolute Gasteiger partial charge is 0.494 e. The van der Waals surface area contributed by atoms with E-state index in [0.717, 1.165) is 50.1 Å². The van der Waals surface area contributed by atoms with Crippen LogP contribution in [0.5, 0.6) is 5.75 Å². The zero-order valence-electron chi connectivity index (χ0n) is 14.6. The van der Waals surface area contributed by atoms with Gasteiger partial charge < -0.3 is 14.8 Å².